The molecule has 0 saturated heterocycles. The van der Waals surface area contributed by atoms with Gasteiger partial charge >= 0.3 is 0 Å². The van der Waals surface area contributed by atoms with Crippen molar-refractivity contribution in [3.8, 4) is 50.8 Å². The van der Waals surface area contributed by atoms with E-state index in [0.29, 0.717) is 5.69 Å². The van der Waals surface area contributed by atoms with E-state index in [1.54, 1.807) is 0 Å². The normalized spacial score (nSPS) is 12.6. The largest absolute Gasteiger partial charge is 0.458 e. The molecule has 5 heterocycles. The average Bonchev–Trinajstić information content (AvgIpc) is 4.03. The summed E-state index contributed by atoms with van der Waals surface area (Å²) in [6, 6.07) is 76.8. The fourth-order valence-electron chi connectivity index (χ4n) is 11.6. The number of para-hydroxylation sites is 4. The van der Waals surface area contributed by atoms with Crippen LogP contribution in [0.4, 0.5) is 5.69 Å². The summed E-state index contributed by atoms with van der Waals surface area (Å²) in [6.07, 6.45) is 0. The van der Waals surface area contributed by atoms with Gasteiger partial charge in [0.25, 0.3) is 6.71 Å². The Balaban J connectivity index is 1.08. The summed E-state index contributed by atoms with van der Waals surface area (Å²) < 4.78 is 14.6. The molecule has 10 aromatic carbocycles. The van der Waals surface area contributed by atoms with E-state index in [0.717, 1.165) is 67.3 Å². The highest BCUT2D eigenvalue weighted by atomic mass is 16.5. The molecule has 2 aliphatic rings. The molecule has 6 heteroatoms. The van der Waals surface area contributed by atoms with Gasteiger partial charge in [-0.3, -0.25) is 0 Å². The Kier molecular flexibility index (Phi) is 7.31. The predicted molar refractivity (Wildman–Crippen MR) is 278 cm³/mol. The first-order valence-corrected chi connectivity index (χ1v) is 22.8. The Morgan fingerprint density at radius 2 is 0.910 bits per heavy atom. The van der Waals surface area contributed by atoms with Crippen LogP contribution in [0, 0.1) is 6.57 Å². The zero-order valence-electron chi connectivity index (χ0n) is 36.0. The maximum absolute atomic E-state index is 7.66. The second-order valence-electron chi connectivity index (χ2n) is 17.9. The molecule has 3 aromatic heterocycles. The van der Waals surface area contributed by atoms with Gasteiger partial charge in [-0.1, -0.05) is 140 Å². The predicted octanol–water partition coefficient (Wildman–Crippen LogP) is 13.8. The van der Waals surface area contributed by atoms with Crippen LogP contribution in [-0.2, 0) is 0 Å². The lowest BCUT2D eigenvalue weighted by molar-refractivity contribution is 0.487. The van der Waals surface area contributed by atoms with Gasteiger partial charge in [-0.2, -0.15) is 0 Å². The van der Waals surface area contributed by atoms with Gasteiger partial charge in [-0.15, -0.1) is 0 Å². The van der Waals surface area contributed by atoms with E-state index in [9.17, 15) is 0 Å². The first kappa shape index (κ1) is 36.3. The zero-order chi connectivity index (χ0) is 43.9. The summed E-state index contributed by atoms with van der Waals surface area (Å²) in [7, 11) is 0. The number of benzene rings is 10. The minimum absolute atomic E-state index is 0.124. The highest BCUT2D eigenvalue weighted by Crippen LogP contribution is 2.43. The first-order valence-electron chi connectivity index (χ1n) is 22.8. The molecule has 5 nitrogen and oxygen atoms in total. The van der Waals surface area contributed by atoms with Gasteiger partial charge in [0.15, 0.2) is 5.69 Å². The smallest absolute Gasteiger partial charge is 0.256 e. The van der Waals surface area contributed by atoms with E-state index in [4.69, 9.17) is 11.3 Å². The quantitative estimate of drug-likeness (QED) is 0.128. The summed E-state index contributed by atoms with van der Waals surface area (Å²) in [6.45, 7) is 7.53. The topological polar surface area (TPSA) is 28.4 Å². The third-order valence-corrected chi connectivity index (χ3v) is 14.5. The van der Waals surface area contributed by atoms with Crippen molar-refractivity contribution < 1.29 is 4.74 Å². The van der Waals surface area contributed by atoms with Gasteiger partial charge in [0.1, 0.15) is 11.5 Å². The third kappa shape index (κ3) is 5.03. The Morgan fingerprint density at radius 1 is 0.373 bits per heavy atom. The molecule has 308 valence electrons. The SMILES string of the molecule is [C-]#[N+]c1ccc(-c2cc3c4c(c2)-n2c5ccc(-n6c7ccccc7c7ccccc76)cc5c5cc(-n6c7ccccc7c7ccccc76)cc(c52)B4c2ccc(-c4ccccc4)cc2O3)cc1. The molecule has 0 aliphatic carbocycles. The molecule has 0 saturated carbocycles. The Morgan fingerprint density at radius 3 is 1.55 bits per heavy atom. The number of fused-ring (bicyclic) bond motifs is 13. The van der Waals surface area contributed by atoms with Gasteiger partial charge in [0.2, 0.25) is 0 Å². The number of ether oxygens (including phenoxy) is 1. The van der Waals surface area contributed by atoms with Gasteiger partial charge in [-0.05, 0) is 111 Å². The molecule has 0 spiro atoms. The fourth-order valence-corrected chi connectivity index (χ4v) is 11.6. The molecule has 0 unspecified atom stereocenters. The standard InChI is InChI=1S/C61H35BN4O/c1-63-41-26-23-38(24-27-41)40-31-57-60-59(33-40)67-58-32-39(37-13-3-2-4-14-37)25-29-50(58)62(60)51-36-43(65-54-21-11-7-17-46(54)47-18-8-12-22-55(47)65)35-49-48-34-42(28-30-56(48)66(57)61(49)51)64-52-19-9-5-15-44(52)45-16-6-10-20-53(45)64/h2-36H. The molecule has 0 amide bonds. The lowest BCUT2D eigenvalue weighted by Gasteiger charge is -2.34. The van der Waals surface area contributed by atoms with Crippen molar-refractivity contribution in [2.75, 3.05) is 0 Å². The van der Waals surface area contributed by atoms with Crippen LogP contribution in [0.5, 0.6) is 11.5 Å². The van der Waals surface area contributed by atoms with Crippen molar-refractivity contribution in [1.82, 2.24) is 13.7 Å². The Labute approximate surface area is 385 Å². The maximum atomic E-state index is 7.66. The average molecular weight is 851 g/mol. The summed E-state index contributed by atoms with van der Waals surface area (Å²) in [4.78, 5) is 3.70. The van der Waals surface area contributed by atoms with E-state index in [-0.39, 0.29) is 6.71 Å². The molecule has 2 aliphatic heterocycles. The van der Waals surface area contributed by atoms with E-state index in [1.807, 2.05) is 12.1 Å². The summed E-state index contributed by atoms with van der Waals surface area (Å²) in [5.74, 6) is 1.70. The van der Waals surface area contributed by atoms with Crippen molar-refractivity contribution >= 4 is 94.2 Å². The lowest BCUT2D eigenvalue weighted by Crippen LogP contribution is -2.58. The van der Waals surface area contributed by atoms with Crippen LogP contribution in [0.25, 0.3) is 110 Å². The van der Waals surface area contributed by atoms with Gasteiger partial charge in [-0.25, -0.2) is 4.85 Å². The van der Waals surface area contributed by atoms with Gasteiger partial charge in [0, 0.05) is 54.9 Å². The van der Waals surface area contributed by atoms with Crippen molar-refractivity contribution in [2.24, 2.45) is 0 Å². The van der Waals surface area contributed by atoms with Gasteiger partial charge in [0.05, 0.1) is 34.2 Å². The lowest BCUT2D eigenvalue weighted by atomic mass is 9.34. The van der Waals surface area contributed by atoms with Crippen LogP contribution < -0.4 is 21.1 Å². The second kappa shape index (κ2) is 13.5. The zero-order valence-corrected chi connectivity index (χ0v) is 36.0. The summed E-state index contributed by atoms with van der Waals surface area (Å²) >= 11 is 0. The molecule has 0 radical (unpaired) electrons. The Bertz CT molecular complexity index is 4210. The minimum atomic E-state index is -0.124. The molecule has 67 heavy (non-hydrogen) atoms. The number of aromatic nitrogens is 3. The van der Waals surface area contributed by atoms with Gasteiger partial charge < -0.3 is 18.4 Å². The monoisotopic (exact) mass is 850 g/mol. The van der Waals surface area contributed by atoms with Crippen LogP contribution in [0.2, 0.25) is 0 Å². The molecule has 0 atom stereocenters. The summed E-state index contributed by atoms with van der Waals surface area (Å²) in [5.41, 5.74) is 18.9. The third-order valence-electron chi connectivity index (χ3n) is 14.5. The highest BCUT2D eigenvalue weighted by molar-refractivity contribution is 6.99. The van der Waals surface area contributed by atoms with Crippen LogP contribution in [0.1, 0.15) is 0 Å². The molecule has 15 rings (SSSR count). The number of hydrogen-bond donors (Lipinski definition) is 0. The van der Waals surface area contributed by atoms with E-state index >= 15 is 0 Å². The molecular formula is C61H35BN4O. The minimum Gasteiger partial charge on any atom is -0.458 e. The van der Waals surface area contributed by atoms with E-state index in [1.165, 1.54) is 65.4 Å². The van der Waals surface area contributed by atoms with E-state index in [2.05, 4.69) is 219 Å². The van der Waals surface area contributed by atoms with Crippen LogP contribution in [-0.4, -0.2) is 20.4 Å². The van der Waals surface area contributed by atoms with Crippen LogP contribution in [0.3, 0.4) is 0 Å². The first-order chi connectivity index (χ1) is 33.2. The highest BCUT2D eigenvalue weighted by Gasteiger charge is 2.41. The molecule has 13 aromatic rings. The number of rotatable bonds is 4. The summed E-state index contributed by atoms with van der Waals surface area (Å²) in [5, 5.41) is 7.32. The maximum Gasteiger partial charge on any atom is 0.256 e. The van der Waals surface area contributed by atoms with Crippen molar-refractivity contribution in [3.05, 3.63) is 224 Å². The molecular weight excluding hydrogens is 816 g/mol. The van der Waals surface area contributed by atoms with Crippen molar-refractivity contribution in [1.29, 1.82) is 0 Å². The fraction of sp³-hybridized carbons (Fsp3) is 0. The van der Waals surface area contributed by atoms with Crippen LogP contribution >= 0.6 is 0 Å². The Hall–Kier alpha value is -9.05. The molecule has 0 bridgehead atoms. The van der Waals surface area contributed by atoms with Crippen molar-refractivity contribution in [3.63, 3.8) is 0 Å². The second-order valence-corrected chi connectivity index (χ2v) is 17.9. The van der Waals surface area contributed by atoms with Crippen molar-refractivity contribution in [2.45, 2.75) is 0 Å². The van der Waals surface area contributed by atoms with Crippen LogP contribution in [0.15, 0.2) is 212 Å². The molecule has 0 N–H and O–H groups in total. The molecule has 0 fully saturated rings. The number of hydrogen-bond acceptors (Lipinski definition) is 1. The van der Waals surface area contributed by atoms with E-state index < -0.39 is 0 Å². The number of nitrogens with zero attached hydrogens (tertiary/aromatic N) is 4.